The summed E-state index contributed by atoms with van der Waals surface area (Å²) in [6, 6.07) is 6.74. The van der Waals surface area contributed by atoms with Crippen molar-refractivity contribution in [1.82, 2.24) is 4.90 Å². The van der Waals surface area contributed by atoms with Crippen molar-refractivity contribution in [2.45, 2.75) is 19.0 Å². The van der Waals surface area contributed by atoms with Gasteiger partial charge in [-0.2, -0.15) is 13.2 Å². The molecule has 1 heterocycles. The van der Waals surface area contributed by atoms with Gasteiger partial charge < -0.3 is 5.32 Å². The number of rotatable bonds is 3. The van der Waals surface area contributed by atoms with Crippen LogP contribution in [0.1, 0.15) is 12.8 Å². The van der Waals surface area contributed by atoms with Gasteiger partial charge in [0.15, 0.2) is 0 Å². The predicted molar refractivity (Wildman–Crippen MR) is 75.3 cm³/mol. The molecule has 0 unspecified atom stereocenters. The maximum atomic E-state index is 12.7. The second-order valence-corrected chi connectivity index (χ2v) is 5.55. The molecule has 2 rings (SSSR count). The third-order valence-corrected chi connectivity index (χ3v) is 3.81. The Labute approximate surface area is 126 Å². The van der Waals surface area contributed by atoms with Crippen LogP contribution >= 0.6 is 11.6 Å². The Morgan fingerprint density at radius 2 is 2.10 bits per heavy atom. The van der Waals surface area contributed by atoms with Gasteiger partial charge in [0.2, 0.25) is 5.91 Å². The van der Waals surface area contributed by atoms with E-state index in [0.717, 1.165) is 0 Å². The highest BCUT2D eigenvalue weighted by Crippen LogP contribution is 2.33. The first-order valence-corrected chi connectivity index (χ1v) is 7.07. The zero-order valence-corrected chi connectivity index (χ0v) is 12.0. The normalized spacial score (nSPS) is 20.3. The number of piperidine rings is 1. The van der Waals surface area contributed by atoms with Crippen molar-refractivity contribution < 1.29 is 18.0 Å². The summed E-state index contributed by atoms with van der Waals surface area (Å²) >= 11 is 5.92. The van der Waals surface area contributed by atoms with Gasteiger partial charge in [0.05, 0.1) is 23.2 Å². The number of anilines is 1. The maximum Gasteiger partial charge on any atom is 0.393 e. The molecule has 116 valence electrons. The molecule has 0 bridgehead atoms. The highest BCUT2D eigenvalue weighted by atomic mass is 35.5. The van der Waals surface area contributed by atoms with Gasteiger partial charge in [0, 0.05) is 6.54 Å². The minimum Gasteiger partial charge on any atom is -0.324 e. The molecule has 1 saturated heterocycles. The molecule has 1 atom stereocenters. The molecule has 0 aliphatic carbocycles. The van der Waals surface area contributed by atoms with Crippen LogP contribution in [0.25, 0.3) is 0 Å². The third kappa shape index (κ3) is 4.61. The number of carbonyl (C=O) groups excluding carboxylic acids is 1. The molecule has 0 radical (unpaired) electrons. The summed E-state index contributed by atoms with van der Waals surface area (Å²) in [7, 11) is 0. The highest BCUT2D eigenvalue weighted by Gasteiger charge is 2.41. The fraction of sp³-hybridized carbons (Fsp3) is 0.500. The van der Waals surface area contributed by atoms with Gasteiger partial charge in [0.1, 0.15) is 0 Å². The molecule has 1 fully saturated rings. The van der Waals surface area contributed by atoms with Crippen LogP contribution in [0.4, 0.5) is 18.9 Å². The Bertz CT molecular complexity index is 507. The summed E-state index contributed by atoms with van der Waals surface area (Å²) in [5.41, 5.74) is 0.466. The Morgan fingerprint density at radius 3 is 2.76 bits per heavy atom. The molecule has 0 spiro atoms. The van der Waals surface area contributed by atoms with Gasteiger partial charge in [-0.15, -0.1) is 0 Å². The lowest BCUT2D eigenvalue weighted by molar-refractivity contribution is -0.186. The van der Waals surface area contributed by atoms with E-state index in [-0.39, 0.29) is 25.4 Å². The molecular weight excluding hydrogens is 305 g/mol. The molecule has 1 aliphatic heterocycles. The smallest absolute Gasteiger partial charge is 0.324 e. The number of alkyl halides is 3. The van der Waals surface area contributed by atoms with Crippen molar-refractivity contribution in [1.29, 1.82) is 0 Å². The molecule has 21 heavy (non-hydrogen) atoms. The van der Waals surface area contributed by atoms with Gasteiger partial charge >= 0.3 is 6.18 Å². The monoisotopic (exact) mass is 320 g/mol. The Balaban J connectivity index is 1.89. The summed E-state index contributed by atoms with van der Waals surface area (Å²) in [6.45, 7) is 0.319. The molecule has 1 aliphatic rings. The summed E-state index contributed by atoms with van der Waals surface area (Å²) in [4.78, 5) is 13.4. The van der Waals surface area contributed by atoms with Crippen molar-refractivity contribution >= 4 is 23.2 Å². The Kier molecular flexibility index (Phi) is 5.11. The van der Waals surface area contributed by atoms with Crippen LogP contribution in [0.15, 0.2) is 24.3 Å². The van der Waals surface area contributed by atoms with Crippen LogP contribution in [-0.4, -0.2) is 36.6 Å². The minimum absolute atomic E-state index is 0.0577. The van der Waals surface area contributed by atoms with E-state index in [2.05, 4.69) is 5.32 Å². The number of carbonyl (C=O) groups is 1. The average molecular weight is 321 g/mol. The molecule has 1 N–H and O–H groups in total. The summed E-state index contributed by atoms with van der Waals surface area (Å²) in [5, 5.41) is 3.02. The highest BCUT2D eigenvalue weighted by molar-refractivity contribution is 6.33. The fourth-order valence-corrected chi connectivity index (χ4v) is 2.60. The quantitative estimate of drug-likeness (QED) is 0.923. The van der Waals surface area contributed by atoms with Gasteiger partial charge in [-0.25, -0.2) is 0 Å². The second-order valence-electron chi connectivity index (χ2n) is 5.14. The first kappa shape index (κ1) is 16.1. The summed E-state index contributed by atoms with van der Waals surface area (Å²) in [6.07, 6.45) is -3.62. The molecule has 1 amide bonds. The van der Waals surface area contributed by atoms with Crippen LogP contribution in [0.2, 0.25) is 5.02 Å². The van der Waals surface area contributed by atoms with Gasteiger partial charge in [-0.05, 0) is 31.5 Å². The zero-order chi connectivity index (χ0) is 15.5. The second kappa shape index (κ2) is 6.66. The predicted octanol–water partition coefficient (Wildman–Crippen LogP) is 3.55. The lowest BCUT2D eigenvalue weighted by Crippen LogP contribution is -2.44. The van der Waals surface area contributed by atoms with Crippen LogP contribution in [0.5, 0.6) is 0 Å². The topological polar surface area (TPSA) is 32.3 Å². The van der Waals surface area contributed by atoms with E-state index in [1.54, 1.807) is 24.3 Å². The Hall–Kier alpha value is -1.27. The van der Waals surface area contributed by atoms with Crippen LogP contribution in [0.3, 0.4) is 0 Å². The number of likely N-dealkylation sites (tertiary alicyclic amines) is 1. The van der Waals surface area contributed by atoms with E-state index in [1.807, 2.05) is 0 Å². The van der Waals surface area contributed by atoms with Crippen LogP contribution in [-0.2, 0) is 4.79 Å². The zero-order valence-electron chi connectivity index (χ0n) is 11.3. The number of amides is 1. The summed E-state index contributed by atoms with van der Waals surface area (Å²) in [5.74, 6) is -1.70. The number of nitrogens with zero attached hydrogens (tertiary/aromatic N) is 1. The van der Waals surface area contributed by atoms with Crippen molar-refractivity contribution in [3.63, 3.8) is 0 Å². The average Bonchev–Trinajstić information content (AvgIpc) is 2.41. The number of para-hydroxylation sites is 1. The van der Waals surface area contributed by atoms with E-state index in [1.165, 1.54) is 4.90 Å². The first-order valence-electron chi connectivity index (χ1n) is 6.69. The van der Waals surface area contributed by atoms with Crippen LogP contribution in [0, 0.1) is 5.92 Å². The molecule has 3 nitrogen and oxygen atoms in total. The van der Waals surface area contributed by atoms with E-state index < -0.39 is 12.1 Å². The Morgan fingerprint density at radius 1 is 1.38 bits per heavy atom. The largest absolute Gasteiger partial charge is 0.393 e. The number of nitrogens with one attached hydrogen (secondary N) is 1. The molecular formula is C14H16ClF3N2O. The van der Waals surface area contributed by atoms with Gasteiger partial charge in [0.25, 0.3) is 0 Å². The van der Waals surface area contributed by atoms with Crippen LogP contribution < -0.4 is 5.32 Å². The molecule has 0 aromatic heterocycles. The number of halogens is 4. The first-order chi connectivity index (χ1) is 9.86. The summed E-state index contributed by atoms with van der Waals surface area (Å²) < 4.78 is 38.1. The van der Waals surface area contributed by atoms with E-state index >= 15 is 0 Å². The lowest BCUT2D eigenvalue weighted by atomic mass is 9.97. The van der Waals surface area contributed by atoms with Gasteiger partial charge in [-0.3, -0.25) is 9.69 Å². The van der Waals surface area contributed by atoms with E-state index in [4.69, 9.17) is 11.6 Å². The standard InChI is InChI=1S/C14H16ClF3N2O/c15-11-5-1-2-6-12(11)19-13(21)9-20-7-3-4-10(8-20)14(16,17)18/h1-2,5-6,10H,3-4,7-9H2,(H,19,21)/t10-/m1/s1. The van der Waals surface area contributed by atoms with Gasteiger partial charge in [-0.1, -0.05) is 23.7 Å². The fourth-order valence-electron chi connectivity index (χ4n) is 2.42. The van der Waals surface area contributed by atoms with Crippen molar-refractivity contribution in [3.8, 4) is 0 Å². The van der Waals surface area contributed by atoms with E-state index in [9.17, 15) is 18.0 Å². The molecule has 1 aromatic carbocycles. The molecule has 1 aromatic rings. The van der Waals surface area contributed by atoms with Crippen molar-refractivity contribution in [3.05, 3.63) is 29.3 Å². The van der Waals surface area contributed by atoms with Crippen molar-refractivity contribution in [2.24, 2.45) is 5.92 Å². The molecule has 0 saturated carbocycles. The maximum absolute atomic E-state index is 12.7. The SMILES string of the molecule is O=C(CN1CCC[C@@H](C(F)(F)F)C1)Nc1ccccc1Cl. The number of hydrogen-bond donors (Lipinski definition) is 1. The van der Waals surface area contributed by atoms with E-state index in [0.29, 0.717) is 23.7 Å². The number of benzene rings is 1. The van der Waals surface area contributed by atoms with Crippen molar-refractivity contribution in [2.75, 3.05) is 25.0 Å². The number of hydrogen-bond acceptors (Lipinski definition) is 2. The molecule has 7 heteroatoms. The lowest BCUT2D eigenvalue weighted by Gasteiger charge is -2.33. The third-order valence-electron chi connectivity index (χ3n) is 3.48. The minimum atomic E-state index is -4.20.